The largest absolute Gasteiger partial charge is 0.361 e. The van der Waals surface area contributed by atoms with Gasteiger partial charge in [0.25, 0.3) is 5.91 Å². The van der Waals surface area contributed by atoms with Crippen LogP contribution in [0.2, 0.25) is 0 Å². The minimum absolute atomic E-state index is 0.218. The molecule has 1 heterocycles. The summed E-state index contributed by atoms with van der Waals surface area (Å²) in [6.07, 6.45) is 1.41. The number of aromatic nitrogens is 1. The molecule has 0 saturated heterocycles. The smallest absolute Gasteiger partial charge is 0.260 e. The summed E-state index contributed by atoms with van der Waals surface area (Å²) >= 11 is 3.37. The Bertz CT molecular complexity index is 563. The highest BCUT2D eigenvalue weighted by Gasteiger charge is 2.13. The average molecular weight is 295 g/mol. The molecule has 5 heteroatoms. The zero-order chi connectivity index (χ0) is 12.4. The Morgan fingerprint density at radius 2 is 2.18 bits per heavy atom. The van der Waals surface area contributed by atoms with Crippen LogP contribution in [0.25, 0.3) is 0 Å². The fraction of sp³-hybridized carbons (Fsp3) is 0.167. The molecule has 0 unspecified atom stereocenters. The summed E-state index contributed by atoms with van der Waals surface area (Å²) in [4.78, 5) is 11.9. The Hall–Kier alpha value is -1.62. The van der Waals surface area contributed by atoms with E-state index in [1.807, 2.05) is 25.1 Å². The number of aryl methyl sites for hydroxylation is 2. The zero-order valence-corrected chi connectivity index (χ0v) is 11.0. The number of carbonyl (C=O) groups excluding carboxylic acids is 1. The summed E-state index contributed by atoms with van der Waals surface area (Å²) in [6.45, 7) is 3.64. The Morgan fingerprint density at radius 3 is 2.82 bits per heavy atom. The SMILES string of the molecule is Cc1ccc(Br)cc1NC(=O)c1cnoc1C. The van der Waals surface area contributed by atoms with Gasteiger partial charge < -0.3 is 9.84 Å². The van der Waals surface area contributed by atoms with Crippen LogP contribution in [0.5, 0.6) is 0 Å². The number of hydrogen-bond donors (Lipinski definition) is 1. The van der Waals surface area contributed by atoms with E-state index in [1.54, 1.807) is 6.92 Å². The van der Waals surface area contributed by atoms with Gasteiger partial charge in [-0.05, 0) is 31.5 Å². The van der Waals surface area contributed by atoms with Crippen molar-refractivity contribution in [3.63, 3.8) is 0 Å². The molecule has 1 aromatic heterocycles. The van der Waals surface area contributed by atoms with Crippen molar-refractivity contribution in [3.8, 4) is 0 Å². The van der Waals surface area contributed by atoms with Crippen molar-refractivity contribution in [2.24, 2.45) is 0 Å². The van der Waals surface area contributed by atoms with Gasteiger partial charge in [0.1, 0.15) is 11.3 Å². The summed E-state index contributed by atoms with van der Waals surface area (Å²) in [5.41, 5.74) is 2.21. The normalized spacial score (nSPS) is 10.3. The third kappa shape index (κ3) is 2.55. The summed E-state index contributed by atoms with van der Waals surface area (Å²) in [5.74, 6) is 0.292. The number of anilines is 1. The standard InChI is InChI=1S/C12H11BrN2O2/c1-7-3-4-9(13)5-11(7)15-12(16)10-6-14-17-8(10)2/h3-6H,1-2H3,(H,15,16). The molecule has 1 amide bonds. The maximum atomic E-state index is 11.9. The maximum Gasteiger partial charge on any atom is 0.260 e. The number of rotatable bonds is 2. The fourth-order valence-corrected chi connectivity index (χ4v) is 1.80. The van der Waals surface area contributed by atoms with Gasteiger partial charge in [-0.15, -0.1) is 0 Å². The second-order valence-corrected chi connectivity index (χ2v) is 4.62. The summed E-state index contributed by atoms with van der Waals surface area (Å²) in [5, 5.41) is 6.40. The third-order valence-electron chi connectivity index (χ3n) is 2.44. The van der Waals surface area contributed by atoms with Gasteiger partial charge in [0, 0.05) is 10.2 Å². The van der Waals surface area contributed by atoms with Gasteiger partial charge in [-0.2, -0.15) is 0 Å². The molecule has 17 heavy (non-hydrogen) atoms. The molecule has 0 bridgehead atoms. The molecular formula is C12H11BrN2O2. The number of hydrogen-bond acceptors (Lipinski definition) is 3. The van der Waals surface area contributed by atoms with Gasteiger partial charge in [-0.1, -0.05) is 27.2 Å². The molecule has 0 aliphatic rings. The topological polar surface area (TPSA) is 55.1 Å². The predicted molar refractivity (Wildman–Crippen MR) is 68.1 cm³/mol. The van der Waals surface area contributed by atoms with E-state index in [1.165, 1.54) is 6.20 Å². The first kappa shape index (κ1) is 11.9. The molecule has 1 aromatic carbocycles. The van der Waals surface area contributed by atoms with E-state index < -0.39 is 0 Å². The van der Waals surface area contributed by atoms with Crippen molar-refractivity contribution >= 4 is 27.5 Å². The number of nitrogens with one attached hydrogen (secondary N) is 1. The summed E-state index contributed by atoms with van der Waals surface area (Å²) < 4.78 is 5.77. The summed E-state index contributed by atoms with van der Waals surface area (Å²) in [6, 6.07) is 5.71. The number of halogens is 1. The Labute approximate surface area is 107 Å². The molecule has 0 spiro atoms. The van der Waals surface area contributed by atoms with E-state index in [9.17, 15) is 4.79 Å². The van der Waals surface area contributed by atoms with Crippen molar-refractivity contribution < 1.29 is 9.32 Å². The van der Waals surface area contributed by atoms with Crippen LogP contribution < -0.4 is 5.32 Å². The van der Waals surface area contributed by atoms with Gasteiger partial charge in [0.2, 0.25) is 0 Å². The minimum atomic E-state index is -0.218. The molecule has 1 N–H and O–H groups in total. The van der Waals surface area contributed by atoms with Crippen molar-refractivity contribution in [3.05, 3.63) is 45.8 Å². The molecular weight excluding hydrogens is 284 g/mol. The lowest BCUT2D eigenvalue weighted by Crippen LogP contribution is -2.13. The highest BCUT2D eigenvalue weighted by atomic mass is 79.9. The van der Waals surface area contributed by atoms with Crippen LogP contribution in [0, 0.1) is 13.8 Å². The molecule has 0 aliphatic heterocycles. The molecule has 0 atom stereocenters. The lowest BCUT2D eigenvalue weighted by atomic mass is 10.2. The molecule has 0 saturated carbocycles. The van der Waals surface area contributed by atoms with E-state index >= 15 is 0 Å². The van der Waals surface area contributed by atoms with E-state index in [2.05, 4.69) is 26.4 Å². The van der Waals surface area contributed by atoms with Crippen molar-refractivity contribution in [2.75, 3.05) is 5.32 Å². The van der Waals surface area contributed by atoms with Gasteiger partial charge in [0.15, 0.2) is 0 Å². The van der Waals surface area contributed by atoms with E-state index in [0.717, 1.165) is 15.7 Å². The Kier molecular flexibility index (Phi) is 3.28. The number of amides is 1. The Morgan fingerprint density at radius 1 is 1.41 bits per heavy atom. The minimum Gasteiger partial charge on any atom is -0.361 e. The molecule has 2 aromatic rings. The number of benzene rings is 1. The molecule has 88 valence electrons. The first-order valence-corrected chi connectivity index (χ1v) is 5.86. The van der Waals surface area contributed by atoms with Crippen molar-refractivity contribution in [2.45, 2.75) is 13.8 Å². The van der Waals surface area contributed by atoms with Crippen LogP contribution in [-0.2, 0) is 0 Å². The monoisotopic (exact) mass is 294 g/mol. The fourth-order valence-electron chi connectivity index (χ4n) is 1.44. The van der Waals surface area contributed by atoms with Crippen LogP contribution in [0.3, 0.4) is 0 Å². The molecule has 4 nitrogen and oxygen atoms in total. The lowest BCUT2D eigenvalue weighted by Gasteiger charge is -2.07. The van der Waals surface area contributed by atoms with Crippen LogP contribution in [-0.4, -0.2) is 11.1 Å². The number of carbonyl (C=O) groups is 1. The highest BCUT2D eigenvalue weighted by Crippen LogP contribution is 2.21. The first-order chi connectivity index (χ1) is 8.08. The van der Waals surface area contributed by atoms with E-state index in [4.69, 9.17) is 4.52 Å². The second-order valence-electron chi connectivity index (χ2n) is 3.71. The first-order valence-electron chi connectivity index (χ1n) is 5.06. The Balaban J connectivity index is 2.24. The third-order valence-corrected chi connectivity index (χ3v) is 2.94. The number of nitrogens with zero attached hydrogens (tertiary/aromatic N) is 1. The van der Waals surface area contributed by atoms with Gasteiger partial charge in [-0.3, -0.25) is 4.79 Å². The molecule has 0 fully saturated rings. The van der Waals surface area contributed by atoms with E-state index in [-0.39, 0.29) is 5.91 Å². The molecule has 2 rings (SSSR count). The van der Waals surface area contributed by atoms with E-state index in [0.29, 0.717) is 11.3 Å². The molecule has 0 aliphatic carbocycles. The van der Waals surface area contributed by atoms with Crippen molar-refractivity contribution in [1.29, 1.82) is 0 Å². The molecule has 0 radical (unpaired) electrons. The maximum absolute atomic E-state index is 11.9. The van der Waals surface area contributed by atoms with Crippen LogP contribution >= 0.6 is 15.9 Å². The average Bonchev–Trinajstić information content (AvgIpc) is 2.70. The quantitative estimate of drug-likeness (QED) is 0.924. The van der Waals surface area contributed by atoms with Crippen molar-refractivity contribution in [1.82, 2.24) is 5.16 Å². The highest BCUT2D eigenvalue weighted by molar-refractivity contribution is 9.10. The van der Waals surface area contributed by atoms with Gasteiger partial charge >= 0.3 is 0 Å². The van der Waals surface area contributed by atoms with Gasteiger partial charge in [0.05, 0.1) is 6.20 Å². The van der Waals surface area contributed by atoms with Gasteiger partial charge in [-0.25, -0.2) is 0 Å². The zero-order valence-electron chi connectivity index (χ0n) is 9.45. The predicted octanol–water partition coefficient (Wildman–Crippen LogP) is 3.31. The second kappa shape index (κ2) is 4.71. The van der Waals surface area contributed by atoms with Crippen LogP contribution in [0.15, 0.2) is 33.4 Å². The summed E-state index contributed by atoms with van der Waals surface area (Å²) in [7, 11) is 0. The van der Waals surface area contributed by atoms with Crippen LogP contribution in [0.4, 0.5) is 5.69 Å². The van der Waals surface area contributed by atoms with Crippen LogP contribution in [0.1, 0.15) is 21.7 Å². The lowest BCUT2D eigenvalue weighted by molar-refractivity contribution is 0.102.